The molecule has 1 N–H and O–H groups in total. The van der Waals surface area contributed by atoms with E-state index in [0.717, 1.165) is 12.8 Å². The van der Waals surface area contributed by atoms with Crippen LogP contribution in [0.1, 0.15) is 37.9 Å². The molecule has 126 valence electrons. The molecule has 2 heterocycles. The highest BCUT2D eigenvalue weighted by atomic mass is 16.2. The first kappa shape index (κ1) is 15.8. The summed E-state index contributed by atoms with van der Waals surface area (Å²) in [7, 11) is 3.12. The number of rotatable bonds is 3. The monoisotopic (exact) mass is 321 g/mol. The highest BCUT2D eigenvalue weighted by Gasteiger charge is 2.37. The van der Waals surface area contributed by atoms with Crippen molar-refractivity contribution in [3.05, 3.63) is 16.3 Å². The molecule has 1 aliphatic heterocycles. The van der Waals surface area contributed by atoms with Crippen LogP contribution in [0.2, 0.25) is 0 Å². The fourth-order valence-corrected chi connectivity index (χ4v) is 3.62. The van der Waals surface area contributed by atoms with Crippen molar-refractivity contribution >= 4 is 11.8 Å². The van der Waals surface area contributed by atoms with Gasteiger partial charge >= 0.3 is 5.69 Å². The Morgan fingerprint density at radius 2 is 2.00 bits per heavy atom. The number of hydrogen-bond donors (Lipinski definition) is 1. The van der Waals surface area contributed by atoms with Crippen molar-refractivity contribution in [2.24, 2.45) is 13.0 Å². The van der Waals surface area contributed by atoms with Gasteiger partial charge in [-0.15, -0.1) is 0 Å². The molecule has 1 fully saturated rings. The molecule has 2 aliphatic rings. The van der Waals surface area contributed by atoms with Crippen LogP contribution in [-0.2, 0) is 29.7 Å². The topological polar surface area (TPSA) is 89.2 Å². The van der Waals surface area contributed by atoms with Gasteiger partial charge in [-0.2, -0.15) is 5.10 Å². The minimum atomic E-state index is -0.650. The molecule has 2 amide bonds. The van der Waals surface area contributed by atoms with Crippen molar-refractivity contribution < 1.29 is 9.59 Å². The fourth-order valence-electron chi connectivity index (χ4n) is 3.62. The lowest BCUT2D eigenvalue weighted by Gasteiger charge is -2.34. The second kappa shape index (κ2) is 6.17. The first-order valence-corrected chi connectivity index (χ1v) is 8.15. The van der Waals surface area contributed by atoms with Crippen LogP contribution in [0.4, 0.5) is 0 Å². The van der Waals surface area contributed by atoms with Crippen LogP contribution in [0.15, 0.2) is 4.79 Å². The zero-order chi connectivity index (χ0) is 16.6. The lowest BCUT2D eigenvalue weighted by atomic mass is 10.0. The van der Waals surface area contributed by atoms with Gasteiger partial charge in [-0.3, -0.25) is 14.2 Å². The van der Waals surface area contributed by atoms with Gasteiger partial charge in [-0.25, -0.2) is 9.48 Å². The minimum Gasteiger partial charge on any atom is -0.357 e. The summed E-state index contributed by atoms with van der Waals surface area (Å²) in [5, 5.41) is 6.77. The van der Waals surface area contributed by atoms with Crippen LogP contribution in [0.3, 0.4) is 0 Å². The number of nitrogens with zero attached hydrogens (tertiary/aromatic N) is 4. The van der Waals surface area contributed by atoms with Gasteiger partial charge < -0.3 is 10.2 Å². The van der Waals surface area contributed by atoms with E-state index in [2.05, 4.69) is 10.4 Å². The highest BCUT2D eigenvalue weighted by Crippen LogP contribution is 2.29. The molecule has 1 aromatic rings. The zero-order valence-corrected chi connectivity index (χ0v) is 13.6. The lowest BCUT2D eigenvalue weighted by Crippen LogP contribution is -2.55. The third-order valence-corrected chi connectivity index (χ3v) is 4.94. The lowest BCUT2D eigenvalue weighted by molar-refractivity contribution is -0.143. The first-order valence-electron chi connectivity index (χ1n) is 8.15. The van der Waals surface area contributed by atoms with E-state index in [1.807, 2.05) is 0 Å². The summed E-state index contributed by atoms with van der Waals surface area (Å²) in [5.74, 6) is 0.694. The summed E-state index contributed by atoms with van der Waals surface area (Å²) in [6, 6.07) is -0.650. The maximum Gasteiger partial charge on any atom is 0.345 e. The quantitative estimate of drug-likeness (QED) is 0.822. The third kappa shape index (κ3) is 2.89. The Balaban J connectivity index is 1.85. The van der Waals surface area contributed by atoms with Crippen molar-refractivity contribution in [1.29, 1.82) is 0 Å². The Bertz CT molecular complexity index is 671. The summed E-state index contributed by atoms with van der Waals surface area (Å²) in [6.45, 7) is 0.373. The van der Waals surface area contributed by atoms with Crippen molar-refractivity contribution in [3.8, 4) is 0 Å². The van der Waals surface area contributed by atoms with Crippen LogP contribution >= 0.6 is 0 Å². The molecule has 0 bridgehead atoms. The van der Waals surface area contributed by atoms with E-state index in [1.54, 1.807) is 19.0 Å². The van der Waals surface area contributed by atoms with Crippen molar-refractivity contribution in [3.63, 3.8) is 0 Å². The number of hydrogen-bond acceptors (Lipinski definition) is 4. The molecule has 23 heavy (non-hydrogen) atoms. The van der Waals surface area contributed by atoms with E-state index in [9.17, 15) is 14.4 Å². The Hall–Kier alpha value is -2.12. The SMILES string of the molecule is CNC(=O)C1Cn2c(nn(C)c2=O)CN1C(=O)CC1CCCC1. The average molecular weight is 321 g/mol. The van der Waals surface area contributed by atoms with Gasteiger partial charge in [0, 0.05) is 20.5 Å². The van der Waals surface area contributed by atoms with Gasteiger partial charge in [0.25, 0.3) is 0 Å². The molecule has 1 unspecified atom stereocenters. The van der Waals surface area contributed by atoms with E-state index >= 15 is 0 Å². The number of likely N-dealkylation sites (N-methyl/N-ethyl adjacent to an activating group) is 1. The van der Waals surface area contributed by atoms with Crippen molar-refractivity contribution in [1.82, 2.24) is 24.6 Å². The average Bonchev–Trinajstić information content (AvgIpc) is 3.14. The number of amides is 2. The molecule has 8 nitrogen and oxygen atoms in total. The maximum absolute atomic E-state index is 12.7. The van der Waals surface area contributed by atoms with Crippen molar-refractivity contribution in [2.75, 3.05) is 7.05 Å². The third-order valence-electron chi connectivity index (χ3n) is 4.94. The van der Waals surface area contributed by atoms with E-state index in [1.165, 1.54) is 22.1 Å². The molecule has 1 aliphatic carbocycles. The highest BCUT2D eigenvalue weighted by molar-refractivity contribution is 5.87. The van der Waals surface area contributed by atoms with Crippen LogP contribution in [0.25, 0.3) is 0 Å². The number of nitrogens with one attached hydrogen (secondary N) is 1. The molecule has 1 saturated carbocycles. The predicted molar refractivity (Wildman–Crippen MR) is 82.4 cm³/mol. The van der Waals surface area contributed by atoms with Crippen LogP contribution in [-0.4, -0.2) is 44.2 Å². The second-order valence-corrected chi connectivity index (χ2v) is 6.44. The number of aromatic nitrogens is 3. The summed E-state index contributed by atoms with van der Waals surface area (Å²) in [5.41, 5.74) is -0.253. The van der Waals surface area contributed by atoms with E-state index in [0.29, 0.717) is 18.2 Å². The van der Waals surface area contributed by atoms with E-state index in [-0.39, 0.29) is 30.6 Å². The maximum atomic E-state index is 12.7. The zero-order valence-electron chi connectivity index (χ0n) is 13.6. The molecular weight excluding hydrogens is 298 g/mol. The van der Waals surface area contributed by atoms with Crippen LogP contribution in [0, 0.1) is 5.92 Å². The molecule has 1 atom stereocenters. The Kier molecular flexibility index (Phi) is 4.23. The summed E-state index contributed by atoms with van der Waals surface area (Å²) >= 11 is 0. The molecule has 3 rings (SSSR count). The van der Waals surface area contributed by atoms with Gasteiger partial charge in [-0.05, 0) is 18.8 Å². The molecule has 1 aromatic heterocycles. The Labute approximate surface area is 134 Å². The smallest absolute Gasteiger partial charge is 0.345 e. The molecule has 8 heteroatoms. The second-order valence-electron chi connectivity index (χ2n) is 6.44. The first-order chi connectivity index (χ1) is 11.0. The number of fused-ring (bicyclic) bond motifs is 1. The van der Waals surface area contributed by atoms with Crippen LogP contribution in [0.5, 0.6) is 0 Å². The summed E-state index contributed by atoms with van der Waals surface area (Å²) in [4.78, 5) is 38.5. The molecule has 0 radical (unpaired) electrons. The van der Waals surface area contributed by atoms with Gasteiger partial charge in [0.1, 0.15) is 6.04 Å². The van der Waals surface area contributed by atoms with E-state index in [4.69, 9.17) is 0 Å². The van der Waals surface area contributed by atoms with Crippen LogP contribution < -0.4 is 11.0 Å². The summed E-state index contributed by atoms with van der Waals surface area (Å²) in [6.07, 6.45) is 4.99. The molecular formula is C15H23N5O3. The van der Waals surface area contributed by atoms with Gasteiger partial charge in [0.2, 0.25) is 11.8 Å². The number of carbonyl (C=O) groups is 2. The van der Waals surface area contributed by atoms with E-state index < -0.39 is 6.04 Å². The number of carbonyl (C=O) groups excluding carboxylic acids is 2. The molecule has 0 spiro atoms. The Morgan fingerprint density at radius 3 is 2.65 bits per heavy atom. The van der Waals surface area contributed by atoms with Gasteiger partial charge in [0.05, 0.1) is 13.1 Å². The molecule has 0 aromatic carbocycles. The largest absolute Gasteiger partial charge is 0.357 e. The minimum absolute atomic E-state index is 0.0187. The Morgan fingerprint density at radius 1 is 1.30 bits per heavy atom. The normalized spacial score (nSPS) is 21.3. The predicted octanol–water partition coefficient (Wildman–Crippen LogP) is -0.381. The van der Waals surface area contributed by atoms with Crippen molar-refractivity contribution in [2.45, 2.75) is 51.2 Å². The van der Waals surface area contributed by atoms with Gasteiger partial charge in [-0.1, -0.05) is 12.8 Å². The molecule has 0 saturated heterocycles. The fraction of sp³-hybridized carbons (Fsp3) is 0.733. The standard InChI is InChI=1S/C15H23N5O3/c1-16-14(22)11-8-20-12(17-18(2)15(20)23)9-19(11)13(21)7-10-5-3-4-6-10/h10-11H,3-9H2,1-2H3,(H,16,22). The number of aryl methyl sites for hydroxylation is 1. The van der Waals surface area contributed by atoms with Gasteiger partial charge in [0.15, 0.2) is 5.82 Å². The summed E-state index contributed by atoms with van der Waals surface area (Å²) < 4.78 is 2.74.